The Morgan fingerprint density at radius 2 is 1.96 bits per heavy atom. The summed E-state index contributed by atoms with van der Waals surface area (Å²) in [5.41, 5.74) is 1.43. The normalized spacial score (nSPS) is 31.5. The van der Waals surface area contributed by atoms with Crippen molar-refractivity contribution in [1.82, 2.24) is 5.32 Å². The minimum Gasteiger partial charge on any atom is -0.487 e. The molecule has 23 heavy (non-hydrogen) atoms. The topological polar surface area (TPSA) is 45.0 Å². The zero-order valence-corrected chi connectivity index (χ0v) is 13.8. The van der Waals surface area contributed by atoms with Crippen molar-refractivity contribution in [2.24, 2.45) is 11.8 Å². The van der Waals surface area contributed by atoms with E-state index in [-0.39, 0.29) is 5.60 Å². The molecule has 122 valence electrons. The second-order valence-electron chi connectivity index (χ2n) is 7.69. The summed E-state index contributed by atoms with van der Waals surface area (Å²) in [7, 11) is 0. The molecule has 0 aromatic heterocycles. The van der Waals surface area contributed by atoms with E-state index in [0.717, 1.165) is 37.5 Å². The number of rotatable bonds is 3. The summed E-state index contributed by atoms with van der Waals surface area (Å²) in [6, 6.07) is 11.4. The van der Waals surface area contributed by atoms with Crippen LogP contribution >= 0.6 is 0 Å². The van der Waals surface area contributed by atoms with E-state index in [1.54, 1.807) is 0 Å². The molecule has 1 N–H and O–H groups in total. The molecule has 2 fully saturated rings. The van der Waals surface area contributed by atoms with Gasteiger partial charge in [0, 0.05) is 23.9 Å². The molecule has 1 aromatic carbocycles. The van der Waals surface area contributed by atoms with Crippen molar-refractivity contribution in [3.63, 3.8) is 0 Å². The number of fused-ring (bicyclic) bond motifs is 1. The van der Waals surface area contributed by atoms with Crippen LogP contribution in [0, 0.1) is 23.2 Å². The van der Waals surface area contributed by atoms with E-state index in [9.17, 15) is 0 Å². The first-order chi connectivity index (χ1) is 11.3. The number of hydrogen-bond donors (Lipinski definition) is 1. The van der Waals surface area contributed by atoms with Gasteiger partial charge in [0.2, 0.25) is 0 Å². The molecule has 1 heterocycles. The lowest BCUT2D eigenvalue weighted by Crippen LogP contribution is -2.49. The Hall–Kier alpha value is -1.53. The molecule has 0 bridgehead atoms. The third kappa shape index (κ3) is 2.97. The molecule has 3 heteroatoms. The van der Waals surface area contributed by atoms with E-state index < -0.39 is 0 Å². The van der Waals surface area contributed by atoms with Crippen LogP contribution < -0.4 is 10.1 Å². The number of nitriles is 1. The van der Waals surface area contributed by atoms with E-state index in [2.05, 4.69) is 35.7 Å². The molecule has 2 saturated carbocycles. The van der Waals surface area contributed by atoms with Crippen molar-refractivity contribution in [3.8, 4) is 11.8 Å². The lowest BCUT2D eigenvalue weighted by Gasteiger charge is -2.48. The van der Waals surface area contributed by atoms with Crippen LogP contribution in [0.5, 0.6) is 5.75 Å². The zero-order valence-electron chi connectivity index (χ0n) is 13.8. The highest BCUT2D eigenvalue weighted by molar-refractivity contribution is 5.39. The Bertz CT molecular complexity index is 594. The molecule has 1 atom stereocenters. The van der Waals surface area contributed by atoms with Gasteiger partial charge in [-0.2, -0.15) is 5.26 Å². The van der Waals surface area contributed by atoms with E-state index in [4.69, 9.17) is 10.00 Å². The number of ether oxygens (including phenoxy) is 1. The second kappa shape index (κ2) is 6.17. The molecule has 2 aliphatic carbocycles. The molecule has 1 spiro atoms. The molecule has 4 rings (SSSR count). The number of nitrogens with one attached hydrogen (secondary N) is 1. The van der Waals surface area contributed by atoms with Gasteiger partial charge in [-0.3, -0.25) is 0 Å². The first kappa shape index (κ1) is 15.0. The summed E-state index contributed by atoms with van der Waals surface area (Å²) in [5.74, 6) is 2.12. The Morgan fingerprint density at radius 3 is 2.65 bits per heavy atom. The molecular weight excluding hydrogens is 284 g/mol. The van der Waals surface area contributed by atoms with Crippen molar-refractivity contribution in [2.45, 2.75) is 63.0 Å². The fraction of sp³-hybridized carbons (Fsp3) is 0.650. The number of hydrogen-bond acceptors (Lipinski definition) is 3. The third-order valence-corrected chi connectivity index (χ3v) is 6.14. The second-order valence-corrected chi connectivity index (χ2v) is 7.69. The maximum Gasteiger partial charge on any atom is 0.124 e. The van der Waals surface area contributed by atoms with Crippen molar-refractivity contribution in [1.29, 1.82) is 5.26 Å². The fourth-order valence-corrected chi connectivity index (χ4v) is 4.48. The van der Waals surface area contributed by atoms with E-state index in [1.807, 2.05) is 0 Å². The van der Waals surface area contributed by atoms with Gasteiger partial charge in [0.25, 0.3) is 0 Å². The molecular formula is C20H26N2O. The van der Waals surface area contributed by atoms with Gasteiger partial charge in [0.1, 0.15) is 11.4 Å². The van der Waals surface area contributed by atoms with Crippen LogP contribution in [-0.2, 0) is 0 Å². The van der Waals surface area contributed by atoms with Gasteiger partial charge in [-0.05, 0) is 63.5 Å². The average molecular weight is 310 g/mol. The van der Waals surface area contributed by atoms with Gasteiger partial charge in [-0.1, -0.05) is 18.2 Å². The zero-order chi connectivity index (χ0) is 15.7. The highest BCUT2D eigenvalue weighted by Crippen LogP contribution is 2.48. The van der Waals surface area contributed by atoms with Crippen LogP contribution in [0.4, 0.5) is 0 Å². The van der Waals surface area contributed by atoms with E-state index in [0.29, 0.717) is 12.0 Å². The van der Waals surface area contributed by atoms with Gasteiger partial charge in [-0.15, -0.1) is 0 Å². The maximum atomic E-state index is 9.03. The number of benzene rings is 1. The van der Waals surface area contributed by atoms with E-state index >= 15 is 0 Å². The van der Waals surface area contributed by atoms with Crippen molar-refractivity contribution >= 4 is 0 Å². The van der Waals surface area contributed by atoms with Crippen molar-refractivity contribution in [2.75, 3.05) is 6.54 Å². The smallest absolute Gasteiger partial charge is 0.124 e. The summed E-state index contributed by atoms with van der Waals surface area (Å²) in [6.07, 6.45) is 9.36. The standard InChI is InChI=1S/C20H26N2O/c21-13-15-6-8-16(9-7-15)14-22-18-12-20(10-3-11-20)23-19-5-2-1-4-17(18)19/h1-2,4-5,15-16,18,22H,3,6-12,14H2. The Balaban J connectivity index is 1.41. The summed E-state index contributed by atoms with van der Waals surface area (Å²) < 4.78 is 6.33. The fourth-order valence-electron chi connectivity index (χ4n) is 4.48. The SMILES string of the molecule is N#CC1CCC(CNC2CC3(CCC3)Oc3ccccc32)CC1. The minimum absolute atomic E-state index is 0.102. The van der Waals surface area contributed by atoms with Crippen molar-refractivity contribution in [3.05, 3.63) is 29.8 Å². The predicted octanol–water partition coefficient (Wildman–Crippen LogP) is 4.35. The summed E-state index contributed by atoms with van der Waals surface area (Å²) >= 11 is 0. The Kier molecular flexibility index (Phi) is 4.03. The molecule has 1 aliphatic heterocycles. The quantitative estimate of drug-likeness (QED) is 0.902. The van der Waals surface area contributed by atoms with Gasteiger partial charge >= 0.3 is 0 Å². The molecule has 1 aromatic rings. The first-order valence-electron chi connectivity index (χ1n) is 9.19. The number of para-hydroxylation sites is 1. The van der Waals surface area contributed by atoms with Crippen LogP contribution in [0.15, 0.2) is 24.3 Å². The van der Waals surface area contributed by atoms with Gasteiger partial charge in [0.15, 0.2) is 0 Å². The molecule has 0 radical (unpaired) electrons. The Labute approximate surface area is 139 Å². The van der Waals surface area contributed by atoms with Crippen LogP contribution in [0.1, 0.15) is 63.0 Å². The minimum atomic E-state index is 0.102. The maximum absolute atomic E-state index is 9.03. The average Bonchev–Trinajstić information content (AvgIpc) is 2.58. The predicted molar refractivity (Wildman–Crippen MR) is 90.1 cm³/mol. The summed E-state index contributed by atoms with van der Waals surface area (Å²) in [6.45, 7) is 1.08. The van der Waals surface area contributed by atoms with Gasteiger partial charge in [0.05, 0.1) is 6.07 Å². The molecule has 0 amide bonds. The monoisotopic (exact) mass is 310 g/mol. The summed E-state index contributed by atoms with van der Waals surface area (Å²) in [4.78, 5) is 0. The highest BCUT2D eigenvalue weighted by Gasteiger charge is 2.45. The van der Waals surface area contributed by atoms with Gasteiger partial charge < -0.3 is 10.1 Å². The largest absolute Gasteiger partial charge is 0.487 e. The Morgan fingerprint density at radius 1 is 1.17 bits per heavy atom. The first-order valence-corrected chi connectivity index (χ1v) is 9.19. The lowest BCUT2D eigenvalue weighted by atomic mass is 9.73. The van der Waals surface area contributed by atoms with Crippen LogP contribution in [-0.4, -0.2) is 12.1 Å². The van der Waals surface area contributed by atoms with Crippen LogP contribution in [0.3, 0.4) is 0 Å². The van der Waals surface area contributed by atoms with Crippen molar-refractivity contribution < 1.29 is 4.74 Å². The lowest BCUT2D eigenvalue weighted by molar-refractivity contribution is -0.0373. The van der Waals surface area contributed by atoms with Crippen LogP contribution in [0.2, 0.25) is 0 Å². The molecule has 0 saturated heterocycles. The molecule has 3 aliphatic rings. The summed E-state index contributed by atoms with van der Waals surface area (Å²) in [5, 5.41) is 12.9. The van der Waals surface area contributed by atoms with E-state index in [1.165, 1.54) is 37.7 Å². The highest BCUT2D eigenvalue weighted by atomic mass is 16.5. The molecule has 1 unspecified atom stereocenters. The molecule has 3 nitrogen and oxygen atoms in total. The number of nitrogens with zero attached hydrogens (tertiary/aromatic N) is 1. The van der Waals surface area contributed by atoms with Gasteiger partial charge in [-0.25, -0.2) is 0 Å². The third-order valence-electron chi connectivity index (χ3n) is 6.14. The van der Waals surface area contributed by atoms with Crippen LogP contribution in [0.25, 0.3) is 0 Å².